The van der Waals surface area contributed by atoms with Gasteiger partial charge in [-0.05, 0) is 65.7 Å². The largest absolute Gasteiger partial charge is 0.399 e. The Balaban J connectivity index is 2.20. The van der Waals surface area contributed by atoms with Crippen LogP contribution in [0, 0.1) is 13.8 Å². The van der Waals surface area contributed by atoms with Crippen molar-refractivity contribution in [2.24, 2.45) is 0 Å². The average molecular weight is 300 g/mol. The van der Waals surface area contributed by atoms with Gasteiger partial charge in [-0.3, -0.25) is 0 Å². The van der Waals surface area contributed by atoms with Gasteiger partial charge in [0.05, 0.1) is 5.69 Å². The van der Waals surface area contributed by atoms with Crippen molar-refractivity contribution in [3.63, 3.8) is 0 Å². The number of rotatable bonds is 2. The fourth-order valence-corrected chi connectivity index (χ4v) is 2.45. The Hall–Kier alpha value is -2.40. The molecule has 0 aliphatic heterocycles. The fourth-order valence-electron chi connectivity index (χ4n) is 2.28. The molecule has 0 unspecified atom stereocenters. The number of halogens is 1. The van der Waals surface area contributed by atoms with Gasteiger partial charge in [0.2, 0.25) is 0 Å². The van der Waals surface area contributed by atoms with Gasteiger partial charge < -0.3 is 5.73 Å². The Morgan fingerprint density at radius 3 is 2.71 bits per heavy atom. The highest BCUT2D eigenvalue weighted by Crippen LogP contribution is 2.27. The van der Waals surface area contributed by atoms with Crippen molar-refractivity contribution in [3.8, 4) is 17.1 Å². The fraction of sp³-hybridized carbons (Fsp3) is 0.133. The topological polar surface area (TPSA) is 69.6 Å². The summed E-state index contributed by atoms with van der Waals surface area (Å²) in [5.41, 5.74) is 10.3. The van der Waals surface area contributed by atoms with Crippen LogP contribution in [0.2, 0.25) is 5.02 Å². The maximum atomic E-state index is 6.18. The van der Waals surface area contributed by atoms with Crippen LogP contribution in [0.3, 0.4) is 0 Å². The second-order valence-corrected chi connectivity index (χ2v) is 5.28. The minimum Gasteiger partial charge on any atom is -0.399 e. The normalized spacial score (nSPS) is 10.8. The third kappa shape index (κ3) is 2.36. The third-order valence-corrected chi connectivity index (χ3v) is 3.84. The summed E-state index contributed by atoms with van der Waals surface area (Å²) < 4.78 is 1.69. The molecule has 0 saturated heterocycles. The van der Waals surface area contributed by atoms with Crippen LogP contribution in [-0.2, 0) is 0 Å². The molecule has 0 aliphatic carbocycles. The molecule has 2 N–H and O–H groups in total. The zero-order chi connectivity index (χ0) is 15.0. The zero-order valence-corrected chi connectivity index (χ0v) is 12.5. The van der Waals surface area contributed by atoms with E-state index in [9.17, 15) is 0 Å². The number of anilines is 1. The molecule has 0 atom stereocenters. The molecule has 6 heteroatoms. The molecule has 21 heavy (non-hydrogen) atoms. The van der Waals surface area contributed by atoms with Crippen LogP contribution >= 0.6 is 11.6 Å². The Kier molecular flexibility index (Phi) is 3.35. The number of hydrogen-bond donors (Lipinski definition) is 1. The Morgan fingerprint density at radius 2 is 1.95 bits per heavy atom. The Labute approximate surface area is 127 Å². The van der Waals surface area contributed by atoms with Crippen LogP contribution < -0.4 is 5.73 Å². The van der Waals surface area contributed by atoms with E-state index in [4.69, 9.17) is 17.3 Å². The van der Waals surface area contributed by atoms with E-state index in [-0.39, 0.29) is 0 Å². The van der Waals surface area contributed by atoms with E-state index in [2.05, 4.69) is 15.5 Å². The van der Waals surface area contributed by atoms with E-state index in [0.29, 0.717) is 16.5 Å². The van der Waals surface area contributed by atoms with Crippen molar-refractivity contribution in [1.29, 1.82) is 0 Å². The van der Waals surface area contributed by atoms with Crippen molar-refractivity contribution in [1.82, 2.24) is 20.2 Å². The number of nitrogen functional groups attached to an aromatic ring is 1. The Morgan fingerprint density at radius 1 is 1.14 bits per heavy atom. The van der Waals surface area contributed by atoms with E-state index < -0.39 is 0 Å². The second kappa shape index (κ2) is 5.18. The zero-order valence-electron chi connectivity index (χ0n) is 11.7. The van der Waals surface area contributed by atoms with Crippen molar-refractivity contribution in [3.05, 3.63) is 52.5 Å². The van der Waals surface area contributed by atoms with Crippen molar-refractivity contribution in [2.75, 3.05) is 5.73 Å². The first-order chi connectivity index (χ1) is 10.1. The maximum absolute atomic E-state index is 6.18. The number of aromatic nitrogens is 4. The van der Waals surface area contributed by atoms with Crippen LogP contribution in [0.1, 0.15) is 11.1 Å². The first kappa shape index (κ1) is 13.6. The molecular weight excluding hydrogens is 286 g/mol. The molecule has 0 saturated carbocycles. The molecule has 3 aromatic rings. The van der Waals surface area contributed by atoms with Crippen LogP contribution in [0.4, 0.5) is 5.69 Å². The molecule has 0 spiro atoms. The summed E-state index contributed by atoms with van der Waals surface area (Å²) in [4.78, 5) is 0. The summed E-state index contributed by atoms with van der Waals surface area (Å²) in [7, 11) is 0. The quantitative estimate of drug-likeness (QED) is 0.738. The molecule has 0 radical (unpaired) electrons. The molecule has 0 bridgehead atoms. The van der Waals surface area contributed by atoms with Gasteiger partial charge >= 0.3 is 0 Å². The number of tetrazole rings is 1. The van der Waals surface area contributed by atoms with Gasteiger partial charge in [0.1, 0.15) is 0 Å². The summed E-state index contributed by atoms with van der Waals surface area (Å²) in [5, 5.41) is 12.7. The van der Waals surface area contributed by atoms with E-state index in [0.717, 1.165) is 22.4 Å². The molecule has 106 valence electrons. The van der Waals surface area contributed by atoms with Gasteiger partial charge in [-0.15, -0.1) is 5.10 Å². The van der Waals surface area contributed by atoms with Crippen LogP contribution in [0.25, 0.3) is 17.1 Å². The minimum atomic E-state index is 0.665. The lowest BCUT2D eigenvalue weighted by atomic mass is 10.1. The standard InChI is InChI=1S/C15H14ClN5/c1-9-8-11(17)6-7-12(9)15-18-19-20-21(15)14-5-3-4-13(16)10(14)2/h3-8H,17H2,1-2H3. The molecule has 3 rings (SSSR count). The smallest absolute Gasteiger partial charge is 0.187 e. The molecule has 2 aromatic carbocycles. The van der Waals surface area contributed by atoms with Gasteiger partial charge in [-0.25, -0.2) is 0 Å². The lowest BCUT2D eigenvalue weighted by molar-refractivity contribution is 0.787. The minimum absolute atomic E-state index is 0.665. The van der Waals surface area contributed by atoms with Crippen molar-refractivity contribution >= 4 is 17.3 Å². The summed E-state index contributed by atoms with van der Waals surface area (Å²) in [6.07, 6.45) is 0. The molecular formula is C15H14ClN5. The molecule has 0 fully saturated rings. The lowest BCUT2D eigenvalue weighted by Crippen LogP contribution is -2.03. The number of hydrogen-bond acceptors (Lipinski definition) is 4. The lowest BCUT2D eigenvalue weighted by Gasteiger charge is -2.10. The number of nitrogens with two attached hydrogens (primary N) is 1. The highest BCUT2D eigenvalue weighted by Gasteiger charge is 2.15. The number of nitrogens with zero attached hydrogens (tertiary/aromatic N) is 4. The van der Waals surface area contributed by atoms with Crippen molar-refractivity contribution in [2.45, 2.75) is 13.8 Å². The van der Waals surface area contributed by atoms with Gasteiger partial charge in [0, 0.05) is 16.3 Å². The maximum Gasteiger partial charge on any atom is 0.187 e. The highest BCUT2D eigenvalue weighted by molar-refractivity contribution is 6.31. The third-order valence-electron chi connectivity index (χ3n) is 3.43. The average Bonchev–Trinajstić information content (AvgIpc) is 2.91. The van der Waals surface area contributed by atoms with Crippen LogP contribution in [-0.4, -0.2) is 20.2 Å². The van der Waals surface area contributed by atoms with Crippen LogP contribution in [0.5, 0.6) is 0 Å². The van der Waals surface area contributed by atoms with Gasteiger partial charge in [-0.2, -0.15) is 4.68 Å². The monoisotopic (exact) mass is 299 g/mol. The van der Waals surface area contributed by atoms with E-state index >= 15 is 0 Å². The van der Waals surface area contributed by atoms with Crippen molar-refractivity contribution < 1.29 is 0 Å². The van der Waals surface area contributed by atoms with E-state index in [1.807, 2.05) is 50.2 Å². The molecule has 1 heterocycles. The molecule has 0 aliphatic rings. The second-order valence-electron chi connectivity index (χ2n) is 4.87. The summed E-state index contributed by atoms with van der Waals surface area (Å²) in [6.45, 7) is 3.93. The van der Waals surface area contributed by atoms with Gasteiger partial charge in [-0.1, -0.05) is 17.7 Å². The summed E-state index contributed by atoms with van der Waals surface area (Å²) in [6, 6.07) is 11.3. The summed E-state index contributed by atoms with van der Waals surface area (Å²) in [5.74, 6) is 0.665. The summed E-state index contributed by atoms with van der Waals surface area (Å²) >= 11 is 6.18. The molecule has 0 amide bonds. The van der Waals surface area contributed by atoms with Gasteiger partial charge in [0.25, 0.3) is 0 Å². The molecule has 5 nitrogen and oxygen atoms in total. The van der Waals surface area contributed by atoms with E-state index in [1.165, 1.54) is 0 Å². The van der Waals surface area contributed by atoms with Crippen LogP contribution in [0.15, 0.2) is 36.4 Å². The first-order valence-electron chi connectivity index (χ1n) is 6.48. The number of benzene rings is 2. The first-order valence-corrected chi connectivity index (χ1v) is 6.86. The predicted molar refractivity (Wildman–Crippen MR) is 83.5 cm³/mol. The Bertz CT molecular complexity index is 810. The SMILES string of the molecule is Cc1cc(N)ccc1-c1nnnn1-c1cccc(Cl)c1C. The molecule has 1 aromatic heterocycles. The number of aryl methyl sites for hydroxylation is 1. The predicted octanol–water partition coefficient (Wildman–Crippen LogP) is 3.18. The van der Waals surface area contributed by atoms with Gasteiger partial charge in [0.15, 0.2) is 5.82 Å². The van der Waals surface area contributed by atoms with E-state index in [1.54, 1.807) is 4.68 Å². The highest BCUT2D eigenvalue weighted by atomic mass is 35.5.